The van der Waals surface area contributed by atoms with Crippen molar-refractivity contribution in [1.29, 1.82) is 0 Å². The molecule has 0 amide bonds. The van der Waals surface area contributed by atoms with E-state index in [2.05, 4.69) is 10.1 Å². The largest absolute Gasteiger partial charge is 0.432 e. The van der Waals surface area contributed by atoms with E-state index in [0.717, 1.165) is 0 Å². The summed E-state index contributed by atoms with van der Waals surface area (Å²) < 4.78 is 22.0. The first-order chi connectivity index (χ1) is 8.20. The Bertz CT molecular complexity index is 518. The third kappa shape index (κ3) is 2.58. The van der Waals surface area contributed by atoms with Crippen molar-refractivity contribution < 1.29 is 18.1 Å². The van der Waals surface area contributed by atoms with E-state index >= 15 is 0 Å². The van der Waals surface area contributed by atoms with Crippen LogP contribution in [0.15, 0.2) is 21.2 Å². The van der Waals surface area contributed by atoms with Crippen LogP contribution in [0.4, 0.5) is 4.39 Å². The maximum absolute atomic E-state index is 11.9. The lowest BCUT2D eigenvalue weighted by Gasteiger charge is -1.92. The lowest BCUT2D eigenvalue weighted by Crippen LogP contribution is -1.99. The lowest BCUT2D eigenvalue weighted by molar-refractivity contribution is 0.0944. The van der Waals surface area contributed by atoms with Gasteiger partial charge in [-0.05, 0) is 13.3 Å². The molecule has 0 aromatic carbocycles. The van der Waals surface area contributed by atoms with E-state index in [9.17, 15) is 9.18 Å². The summed E-state index contributed by atoms with van der Waals surface area (Å²) in [4.78, 5) is 15.3. The third-order valence-corrected chi connectivity index (χ3v) is 2.16. The minimum Gasteiger partial charge on any atom is -0.432 e. The zero-order chi connectivity index (χ0) is 12.3. The molecule has 0 saturated carbocycles. The molecule has 0 saturated heterocycles. The Labute approximate surface area is 96.6 Å². The van der Waals surface area contributed by atoms with Crippen LogP contribution in [0.5, 0.6) is 0 Å². The summed E-state index contributed by atoms with van der Waals surface area (Å²) in [7, 11) is 0. The van der Waals surface area contributed by atoms with Crippen LogP contribution in [0.25, 0.3) is 11.5 Å². The summed E-state index contributed by atoms with van der Waals surface area (Å²) in [5, 5.41) is 3.74. The van der Waals surface area contributed by atoms with Crippen molar-refractivity contribution in [3.8, 4) is 11.5 Å². The third-order valence-electron chi connectivity index (χ3n) is 2.16. The molecule has 90 valence electrons. The number of hydrogen-bond donors (Lipinski definition) is 0. The number of rotatable bonds is 5. The molecule has 0 spiro atoms. The zero-order valence-electron chi connectivity index (χ0n) is 9.27. The van der Waals surface area contributed by atoms with Crippen molar-refractivity contribution in [1.82, 2.24) is 10.1 Å². The second kappa shape index (κ2) is 4.90. The van der Waals surface area contributed by atoms with E-state index in [4.69, 9.17) is 8.94 Å². The normalized spacial score (nSPS) is 10.7. The van der Waals surface area contributed by atoms with Crippen LogP contribution < -0.4 is 0 Å². The van der Waals surface area contributed by atoms with Gasteiger partial charge in [0.15, 0.2) is 11.5 Å². The van der Waals surface area contributed by atoms with E-state index in [0.29, 0.717) is 17.2 Å². The highest BCUT2D eigenvalue weighted by molar-refractivity contribution is 5.91. The topological polar surface area (TPSA) is 69.1 Å². The summed E-state index contributed by atoms with van der Waals surface area (Å²) in [6, 6.07) is 1.68. The molecule has 0 aliphatic carbocycles. The first kappa shape index (κ1) is 11.5. The quantitative estimate of drug-likeness (QED) is 0.749. The van der Waals surface area contributed by atoms with E-state index < -0.39 is 6.67 Å². The number of carbonyl (C=O) groups excluding carboxylic acids is 1. The van der Waals surface area contributed by atoms with Crippen molar-refractivity contribution in [2.75, 3.05) is 6.67 Å². The van der Waals surface area contributed by atoms with Gasteiger partial charge in [0.2, 0.25) is 5.78 Å². The molecule has 17 heavy (non-hydrogen) atoms. The monoisotopic (exact) mass is 238 g/mol. The molecule has 0 fully saturated rings. The molecule has 0 aliphatic heterocycles. The fourth-order valence-electron chi connectivity index (χ4n) is 1.34. The van der Waals surface area contributed by atoms with Gasteiger partial charge in [0, 0.05) is 12.5 Å². The molecule has 2 heterocycles. The van der Waals surface area contributed by atoms with Gasteiger partial charge in [0.1, 0.15) is 5.76 Å². The Kier molecular flexibility index (Phi) is 3.32. The first-order valence-corrected chi connectivity index (χ1v) is 5.19. The molecule has 5 nitrogen and oxygen atoms in total. The SMILES string of the molecule is Cc1cc(-c2cnc(C(=O)CCCF)o2)no1. The number of aryl methyl sites for hydroxylation is 1. The minimum absolute atomic E-state index is 0.0193. The summed E-state index contributed by atoms with van der Waals surface area (Å²) in [6.07, 6.45) is 1.67. The van der Waals surface area contributed by atoms with Gasteiger partial charge in [-0.3, -0.25) is 9.18 Å². The van der Waals surface area contributed by atoms with Crippen molar-refractivity contribution >= 4 is 5.78 Å². The fraction of sp³-hybridized carbons (Fsp3) is 0.364. The van der Waals surface area contributed by atoms with E-state index in [1.807, 2.05) is 0 Å². The Morgan fingerprint density at radius 1 is 1.53 bits per heavy atom. The number of oxazole rings is 1. The fourth-order valence-corrected chi connectivity index (χ4v) is 1.34. The highest BCUT2D eigenvalue weighted by atomic mass is 19.1. The van der Waals surface area contributed by atoms with Crippen LogP contribution in [0.1, 0.15) is 29.3 Å². The highest BCUT2D eigenvalue weighted by Crippen LogP contribution is 2.20. The first-order valence-electron chi connectivity index (χ1n) is 5.19. The van der Waals surface area contributed by atoms with Gasteiger partial charge in [-0.1, -0.05) is 5.16 Å². The number of carbonyl (C=O) groups is 1. The van der Waals surface area contributed by atoms with Crippen molar-refractivity contribution in [3.05, 3.63) is 23.9 Å². The number of alkyl halides is 1. The smallest absolute Gasteiger partial charge is 0.263 e. The van der Waals surface area contributed by atoms with Crippen molar-refractivity contribution in [3.63, 3.8) is 0 Å². The molecule has 2 rings (SSSR count). The van der Waals surface area contributed by atoms with Crippen LogP contribution in [0, 0.1) is 6.92 Å². The van der Waals surface area contributed by atoms with Crippen molar-refractivity contribution in [2.45, 2.75) is 19.8 Å². The van der Waals surface area contributed by atoms with E-state index in [1.54, 1.807) is 13.0 Å². The lowest BCUT2D eigenvalue weighted by atomic mass is 10.2. The summed E-state index contributed by atoms with van der Waals surface area (Å²) >= 11 is 0. The summed E-state index contributed by atoms with van der Waals surface area (Å²) in [5.41, 5.74) is 0.486. The minimum atomic E-state index is -0.526. The summed E-state index contributed by atoms with van der Waals surface area (Å²) in [6.45, 7) is 1.22. The molecule has 0 bridgehead atoms. The second-order valence-electron chi connectivity index (χ2n) is 3.57. The van der Waals surface area contributed by atoms with Crippen LogP contribution in [-0.2, 0) is 0 Å². The number of halogens is 1. The Morgan fingerprint density at radius 3 is 3.00 bits per heavy atom. The molecular formula is C11H11FN2O3. The Balaban J connectivity index is 2.13. The van der Waals surface area contributed by atoms with Crippen LogP contribution in [0.3, 0.4) is 0 Å². The van der Waals surface area contributed by atoms with Gasteiger partial charge in [0.25, 0.3) is 5.89 Å². The van der Waals surface area contributed by atoms with Gasteiger partial charge in [-0.25, -0.2) is 4.98 Å². The average molecular weight is 238 g/mol. The highest BCUT2D eigenvalue weighted by Gasteiger charge is 2.15. The van der Waals surface area contributed by atoms with Crippen LogP contribution in [0.2, 0.25) is 0 Å². The van der Waals surface area contributed by atoms with E-state index in [-0.39, 0.29) is 24.5 Å². The Hall–Kier alpha value is -1.98. The molecule has 2 aromatic heterocycles. The second-order valence-corrected chi connectivity index (χ2v) is 3.57. The van der Waals surface area contributed by atoms with Crippen molar-refractivity contribution in [2.24, 2.45) is 0 Å². The standard InChI is InChI=1S/C11H11FN2O3/c1-7-5-8(14-17-7)10-6-13-11(16-10)9(15)3-2-4-12/h5-6H,2-4H2,1H3. The summed E-state index contributed by atoms with van der Waals surface area (Å²) in [5.74, 6) is 0.676. The number of hydrogen-bond acceptors (Lipinski definition) is 5. The number of Topliss-reactive ketones (excluding diaryl/α,β-unsaturated/α-hetero) is 1. The predicted octanol–water partition coefficient (Wildman–Crippen LogP) is 2.57. The maximum Gasteiger partial charge on any atom is 0.263 e. The molecule has 0 radical (unpaired) electrons. The maximum atomic E-state index is 11.9. The van der Waals surface area contributed by atoms with Gasteiger partial charge in [-0.15, -0.1) is 0 Å². The van der Waals surface area contributed by atoms with Gasteiger partial charge in [0.05, 0.1) is 12.9 Å². The van der Waals surface area contributed by atoms with Gasteiger partial charge in [-0.2, -0.15) is 0 Å². The predicted molar refractivity (Wildman–Crippen MR) is 56.3 cm³/mol. The number of aromatic nitrogens is 2. The number of ketones is 1. The molecule has 0 unspecified atom stereocenters. The zero-order valence-corrected chi connectivity index (χ0v) is 9.27. The van der Waals surface area contributed by atoms with Gasteiger partial charge >= 0.3 is 0 Å². The molecule has 0 N–H and O–H groups in total. The van der Waals surface area contributed by atoms with Crippen LogP contribution in [-0.4, -0.2) is 22.6 Å². The molecule has 0 atom stereocenters. The molecule has 0 aliphatic rings. The van der Waals surface area contributed by atoms with Gasteiger partial charge < -0.3 is 8.94 Å². The van der Waals surface area contributed by atoms with E-state index in [1.165, 1.54) is 6.20 Å². The molecular weight excluding hydrogens is 227 g/mol. The Morgan fingerprint density at radius 2 is 2.35 bits per heavy atom. The molecule has 2 aromatic rings. The molecule has 6 heteroatoms. The van der Waals surface area contributed by atoms with Crippen LogP contribution >= 0.6 is 0 Å². The number of nitrogens with zero attached hydrogens (tertiary/aromatic N) is 2. The average Bonchev–Trinajstić information content (AvgIpc) is 2.93.